The van der Waals surface area contributed by atoms with Crippen LogP contribution in [0.2, 0.25) is 0 Å². The van der Waals surface area contributed by atoms with Crippen LogP contribution >= 0.6 is 15.9 Å². The molecule has 0 aliphatic carbocycles. The van der Waals surface area contributed by atoms with Crippen LogP contribution in [0.4, 0.5) is 0 Å². The summed E-state index contributed by atoms with van der Waals surface area (Å²) in [5, 5.41) is 0. The van der Waals surface area contributed by atoms with Gasteiger partial charge in [0, 0.05) is 13.1 Å². The second-order valence-electron chi connectivity index (χ2n) is 4.68. The minimum absolute atomic E-state index is 0.00667. The van der Waals surface area contributed by atoms with Crippen molar-refractivity contribution in [2.45, 2.75) is 38.4 Å². The first-order valence-electron chi connectivity index (χ1n) is 5.45. The molecule has 0 unspecified atom stereocenters. The summed E-state index contributed by atoms with van der Waals surface area (Å²) < 4.78 is 0. The number of rotatable bonds is 2. The van der Waals surface area contributed by atoms with E-state index in [0.29, 0.717) is 11.8 Å². The molecule has 0 aromatic heterocycles. The van der Waals surface area contributed by atoms with E-state index in [2.05, 4.69) is 36.7 Å². The van der Waals surface area contributed by atoms with E-state index in [9.17, 15) is 4.79 Å². The van der Waals surface area contributed by atoms with E-state index in [0.717, 1.165) is 19.5 Å². The summed E-state index contributed by atoms with van der Waals surface area (Å²) in [7, 11) is 0. The van der Waals surface area contributed by atoms with Crippen molar-refractivity contribution in [1.29, 1.82) is 0 Å². The molecule has 1 fully saturated rings. The average Bonchev–Trinajstić information content (AvgIpc) is 2.15. The molecule has 1 aliphatic rings. The number of alkyl halides is 1. The van der Waals surface area contributed by atoms with E-state index in [1.165, 1.54) is 6.42 Å². The topological polar surface area (TPSA) is 20.3 Å². The molecule has 0 bridgehead atoms. The maximum Gasteiger partial charge on any atom is 0.236 e. The lowest BCUT2D eigenvalue weighted by atomic mass is 9.99. The third kappa shape index (κ3) is 2.97. The number of piperidine rings is 1. The normalized spacial score (nSPS) is 25.2. The van der Waals surface area contributed by atoms with Gasteiger partial charge in [0.15, 0.2) is 0 Å². The number of carbonyl (C=O) groups is 1. The van der Waals surface area contributed by atoms with Crippen molar-refractivity contribution in [3.8, 4) is 0 Å². The van der Waals surface area contributed by atoms with Gasteiger partial charge in [-0.2, -0.15) is 0 Å². The van der Waals surface area contributed by atoms with E-state index in [1.54, 1.807) is 0 Å². The molecular formula is C11H20BrNO. The Morgan fingerprint density at radius 2 is 2.14 bits per heavy atom. The van der Waals surface area contributed by atoms with Gasteiger partial charge in [-0.05, 0) is 24.7 Å². The van der Waals surface area contributed by atoms with E-state index < -0.39 is 0 Å². The molecule has 82 valence electrons. The summed E-state index contributed by atoms with van der Waals surface area (Å²) >= 11 is 3.47. The number of likely N-dealkylation sites (tertiary alicyclic amines) is 1. The Kier molecular flexibility index (Phi) is 4.42. The Morgan fingerprint density at radius 1 is 1.50 bits per heavy atom. The fraction of sp³-hybridized carbons (Fsp3) is 0.909. The molecular weight excluding hydrogens is 242 g/mol. The van der Waals surface area contributed by atoms with Gasteiger partial charge in [-0.1, -0.05) is 36.7 Å². The third-order valence-electron chi connectivity index (χ3n) is 2.79. The van der Waals surface area contributed by atoms with Crippen LogP contribution < -0.4 is 0 Å². The molecule has 0 aromatic carbocycles. The highest BCUT2D eigenvalue weighted by Gasteiger charge is 2.27. The van der Waals surface area contributed by atoms with E-state index >= 15 is 0 Å². The lowest BCUT2D eigenvalue weighted by Gasteiger charge is -2.33. The Bertz CT molecular complexity index is 205. The molecule has 1 heterocycles. The molecule has 0 saturated carbocycles. The van der Waals surface area contributed by atoms with Crippen molar-refractivity contribution in [3.05, 3.63) is 0 Å². The van der Waals surface area contributed by atoms with Crippen molar-refractivity contribution in [3.63, 3.8) is 0 Å². The molecule has 2 atom stereocenters. The smallest absolute Gasteiger partial charge is 0.236 e. The van der Waals surface area contributed by atoms with Crippen LogP contribution in [0.3, 0.4) is 0 Å². The van der Waals surface area contributed by atoms with Gasteiger partial charge in [-0.15, -0.1) is 0 Å². The molecule has 1 amide bonds. The average molecular weight is 262 g/mol. The van der Waals surface area contributed by atoms with Crippen LogP contribution in [0.5, 0.6) is 0 Å². The lowest BCUT2D eigenvalue weighted by Crippen LogP contribution is -2.44. The van der Waals surface area contributed by atoms with Gasteiger partial charge in [0.1, 0.15) is 0 Å². The zero-order valence-corrected chi connectivity index (χ0v) is 10.9. The molecule has 0 radical (unpaired) electrons. The SMILES string of the molecule is CC(C)[C@H](Br)C(=O)N1CCC[C@@H](C)C1. The van der Waals surface area contributed by atoms with Crippen LogP contribution in [0.25, 0.3) is 0 Å². The lowest BCUT2D eigenvalue weighted by molar-refractivity contribution is -0.132. The number of hydrogen-bond acceptors (Lipinski definition) is 1. The monoisotopic (exact) mass is 261 g/mol. The zero-order chi connectivity index (χ0) is 10.7. The van der Waals surface area contributed by atoms with Crippen LogP contribution in [0.15, 0.2) is 0 Å². The highest BCUT2D eigenvalue weighted by atomic mass is 79.9. The zero-order valence-electron chi connectivity index (χ0n) is 9.29. The Labute approximate surface area is 95.2 Å². The van der Waals surface area contributed by atoms with Crippen LogP contribution in [0.1, 0.15) is 33.6 Å². The van der Waals surface area contributed by atoms with Gasteiger partial charge in [0.05, 0.1) is 4.83 Å². The van der Waals surface area contributed by atoms with Crippen molar-refractivity contribution in [1.82, 2.24) is 4.90 Å². The number of hydrogen-bond donors (Lipinski definition) is 0. The van der Waals surface area contributed by atoms with E-state index in [4.69, 9.17) is 0 Å². The maximum absolute atomic E-state index is 12.0. The van der Waals surface area contributed by atoms with Crippen LogP contribution in [-0.2, 0) is 4.79 Å². The molecule has 0 N–H and O–H groups in total. The number of halogens is 1. The van der Waals surface area contributed by atoms with Crippen molar-refractivity contribution < 1.29 is 4.79 Å². The number of nitrogens with zero attached hydrogens (tertiary/aromatic N) is 1. The first-order chi connectivity index (χ1) is 6.52. The molecule has 0 aromatic rings. The molecule has 1 rings (SSSR count). The van der Waals surface area contributed by atoms with Crippen molar-refractivity contribution in [2.75, 3.05) is 13.1 Å². The summed E-state index contributed by atoms with van der Waals surface area (Å²) in [6, 6.07) is 0. The Balaban J connectivity index is 2.51. The quantitative estimate of drug-likeness (QED) is 0.700. The van der Waals surface area contributed by atoms with Crippen LogP contribution in [0, 0.1) is 11.8 Å². The first kappa shape index (κ1) is 12.0. The van der Waals surface area contributed by atoms with Gasteiger partial charge in [-0.25, -0.2) is 0 Å². The molecule has 14 heavy (non-hydrogen) atoms. The molecule has 0 spiro atoms. The highest BCUT2D eigenvalue weighted by Crippen LogP contribution is 2.20. The highest BCUT2D eigenvalue weighted by molar-refractivity contribution is 9.10. The Morgan fingerprint density at radius 3 is 2.64 bits per heavy atom. The summed E-state index contributed by atoms with van der Waals surface area (Å²) in [5.74, 6) is 1.31. The standard InChI is InChI=1S/C11H20BrNO/c1-8(2)10(12)11(14)13-6-4-5-9(3)7-13/h8-10H,4-7H2,1-3H3/t9-,10+/m1/s1. The summed E-state index contributed by atoms with van der Waals surface area (Å²) in [6.07, 6.45) is 2.42. The van der Waals surface area contributed by atoms with Crippen LogP contribution in [-0.4, -0.2) is 28.7 Å². The molecule has 3 heteroatoms. The fourth-order valence-corrected chi connectivity index (χ4v) is 2.14. The predicted molar refractivity (Wildman–Crippen MR) is 62.5 cm³/mol. The molecule has 2 nitrogen and oxygen atoms in total. The summed E-state index contributed by atoms with van der Waals surface area (Å²) in [4.78, 5) is 14.0. The van der Waals surface area contributed by atoms with Gasteiger partial charge in [0.25, 0.3) is 0 Å². The van der Waals surface area contributed by atoms with E-state index in [1.807, 2.05) is 4.90 Å². The minimum atomic E-state index is -0.00667. The largest absolute Gasteiger partial charge is 0.341 e. The number of carbonyl (C=O) groups excluding carboxylic acids is 1. The fourth-order valence-electron chi connectivity index (χ4n) is 1.85. The number of amides is 1. The van der Waals surface area contributed by atoms with E-state index in [-0.39, 0.29) is 10.7 Å². The van der Waals surface area contributed by atoms with Gasteiger partial charge >= 0.3 is 0 Å². The Hall–Kier alpha value is -0.0500. The third-order valence-corrected chi connectivity index (χ3v) is 4.24. The predicted octanol–water partition coefficient (Wildman–Crippen LogP) is 2.66. The minimum Gasteiger partial charge on any atom is -0.341 e. The van der Waals surface area contributed by atoms with Gasteiger partial charge in [0.2, 0.25) is 5.91 Å². The van der Waals surface area contributed by atoms with Crippen molar-refractivity contribution in [2.24, 2.45) is 11.8 Å². The summed E-state index contributed by atoms with van der Waals surface area (Å²) in [6.45, 7) is 8.25. The second kappa shape index (κ2) is 5.15. The molecule has 1 saturated heterocycles. The first-order valence-corrected chi connectivity index (χ1v) is 6.36. The van der Waals surface area contributed by atoms with Gasteiger partial charge in [-0.3, -0.25) is 4.79 Å². The second-order valence-corrected chi connectivity index (χ2v) is 5.66. The molecule has 1 aliphatic heterocycles. The summed E-state index contributed by atoms with van der Waals surface area (Å²) in [5.41, 5.74) is 0. The van der Waals surface area contributed by atoms with Gasteiger partial charge < -0.3 is 4.90 Å². The van der Waals surface area contributed by atoms with Crippen molar-refractivity contribution >= 4 is 21.8 Å². The maximum atomic E-state index is 12.0.